The van der Waals surface area contributed by atoms with Gasteiger partial charge in [0.2, 0.25) is 0 Å². The molecule has 0 spiro atoms. The third kappa shape index (κ3) is 3.08. The van der Waals surface area contributed by atoms with Gasteiger partial charge in [-0.25, -0.2) is 4.79 Å². The molecule has 150 valence electrons. The number of hydrogen-bond donors (Lipinski definition) is 2. The maximum absolute atomic E-state index is 12.6. The highest BCUT2D eigenvalue weighted by Crippen LogP contribution is 2.45. The average Bonchev–Trinajstić information content (AvgIpc) is 2.99. The SMILES string of the molecule is CCN(CC)C(=O)N[C@H]1C[C@@H]2c3cc(C=O)cc4[nH]c(Cl)c(c34)C[C@H]2N(C)C1. The van der Waals surface area contributed by atoms with Crippen LogP contribution in [0.4, 0.5) is 4.79 Å². The van der Waals surface area contributed by atoms with E-state index in [1.807, 2.05) is 30.9 Å². The van der Waals surface area contributed by atoms with E-state index in [4.69, 9.17) is 11.6 Å². The number of halogens is 1. The summed E-state index contributed by atoms with van der Waals surface area (Å²) in [6.45, 7) is 6.19. The molecule has 2 N–H and O–H groups in total. The Bertz CT molecular complexity index is 921. The molecular formula is C21H27ClN4O2. The van der Waals surface area contributed by atoms with Crippen molar-refractivity contribution in [2.24, 2.45) is 0 Å². The molecule has 2 amide bonds. The Morgan fingerprint density at radius 1 is 1.39 bits per heavy atom. The number of aromatic nitrogens is 1. The third-order valence-corrected chi connectivity index (χ3v) is 6.73. The number of aromatic amines is 1. The molecule has 0 saturated carbocycles. The minimum absolute atomic E-state index is 0.00479. The smallest absolute Gasteiger partial charge is 0.317 e. The van der Waals surface area contributed by atoms with E-state index in [0.29, 0.717) is 29.8 Å². The Hall–Kier alpha value is -2.05. The van der Waals surface area contributed by atoms with Crippen LogP contribution in [0.3, 0.4) is 0 Å². The van der Waals surface area contributed by atoms with Crippen LogP contribution >= 0.6 is 11.6 Å². The highest BCUT2D eigenvalue weighted by molar-refractivity contribution is 6.32. The predicted molar refractivity (Wildman–Crippen MR) is 111 cm³/mol. The van der Waals surface area contributed by atoms with Gasteiger partial charge in [-0.1, -0.05) is 11.6 Å². The van der Waals surface area contributed by atoms with E-state index in [0.717, 1.165) is 42.1 Å². The Labute approximate surface area is 170 Å². The number of aldehydes is 1. The highest BCUT2D eigenvalue weighted by Gasteiger charge is 2.41. The van der Waals surface area contributed by atoms with Crippen LogP contribution in [0.2, 0.25) is 5.15 Å². The van der Waals surface area contributed by atoms with Gasteiger partial charge < -0.3 is 20.1 Å². The molecule has 1 saturated heterocycles. The Kier molecular flexibility index (Phi) is 5.10. The van der Waals surface area contributed by atoms with Gasteiger partial charge in [-0.05, 0) is 57.0 Å². The van der Waals surface area contributed by atoms with Crippen molar-refractivity contribution in [3.8, 4) is 0 Å². The van der Waals surface area contributed by atoms with E-state index in [-0.39, 0.29) is 18.0 Å². The molecule has 1 aliphatic carbocycles. The fourth-order valence-electron chi connectivity index (χ4n) is 5.03. The number of piperidine rings is 1. The second-order valence-electron chi connectivity index (χ2n) is 7.94. The molecule has 0 unspecified atom stereocenters. The fraction of sp³-hybridized carbons (Fsp3) is 0.524. The van der Waals surface area contributed by atoms with Crippen LogP contribution in [0, 0.1) is 0 Å². The van der Waals surface area contributed by atoms with Crippen LogP contribution in [-0.2, 0) is 6.42 Å². The molecule has 0 radical (unpaired) electrons. The van der Waals surface area contributed by atoms with Gasteiger partial charge in [0.25, 0.3) is 0 Å². The average molecular weight is 403 g/mol. The zero-order chi connectivity index (χ0) is 20.0. The number of carbonyl (C=O) groups excluding carboxylic acids is 2. The Morgan fingerprint density at radius 3 is 2.82 bits per heavy atom. The van der Waals surface area contributed by atoms with Crippen molar-refractivity contribution < 1.29 is 9.59 Å². The van der Waals surface area contributed by atoms with E-state index in [2.05, 4.69) is 22.2 Å². The summed E-state index contributed by atoms with van der Waals surface area (Å²) in [6.07, 6.45) is 2.63. The van der Waals surface area contributed by atoms with Crippen LogP contribution in [0.25, 0.3) is 10.9 Å². The first-order valence-electron chi connectivity index (χ1n) is 10.0. The minimum atomic E-state index is -0.00479. The topological polar surface area (TPSA) is 68.4 Å². The summed E-state index contributed by atoms with van der Waals surface area (Å²) in [5.41, 5.74) is 3.89. The van der Waals surface area contributed by atoms with Gasteiger partial charge in [-0.3, -0.25) is 4.79 Å². The maximum atomic E-state index is 12.6. The molecule has 1 aromatic carbocycles. The Balaban J connectivity index is 1.69. The number of urea groups is 1. The first-order valence-corrected chi connectivity index (χ1v) is 10.4. The van der Waals surface area contributed by atoms with Crippen molar-refractivity contribution in [2.75, 3.05) is 26.7 Å². The largest absolute Gasteiger partial charge is 0.345 e. The van der Waals surface area contributed by atoms with Gasteiger partial charge in [-0.2, -0.15) is 0 Å². The van der Waals surface area contributed by atoms with Crippen molar-refractivity contribution in [1.82, 2.24) is 20.1 Å². The molecule has 3 atom stereocenters. The zero-order valence-electron chi connectivity index (χ0n) is 16.6. The standard InChI is InChI=1S/C21H27ClN4O2/c1-4-26(5-2)21(28)23-13-8-14-15-6-12(11-27)7-17-19(15)16(20(22)24-17)9-18(14)25(3)10-13/h6-7,11,13-14,18,24H,4-5,8-10H2,1-3H3,(H,23,28)/t13-,14+,18+/m0/s1. The van der Waals surface area contributed by atoms with Crippen LogP contribution in [-0.4, -0.2) is 65.9 Å². The summed E-state index contributed by atoms with van der Waals surface area (Å²) in [5, 5.41) is 5.04. The number of rotatable bonds is 4. The monoisotopic (exact) mass is 402 g/mol. The van der Waals surface area contributed by atoms with Crippen molar-refractivity contribution in [3.05, 3.63) is 34.0 Å². The van der Waals surface area contributed by atoms with Gasteiger partial charge >= 0.3 is 6.03 Å². The van der Waals surface area contributed by atoms with Crippen LogP contribution in [0.5, 0.6) is 0 Å². The molecule has 0 bridgehead atoms. The maximum Gasteiger partial charge on any atom is 0.317 e. The summed E-state index contributed by atoms with van der Waals surface area (Å²) in [7, 11) is 2.11. The van der Waals surface area contributed by atoms with Crippen LogP contribution in [0.15, 0.2) is 12.1 Å². The van der Waals surface area contributed by atoms with Crippen molar-refractivity contribution >= 4 is 34.8 Å². The number of hydrogen-bond acceptors (Lipinski definition) is 3. The number of likely N-dealkylation sites (tertiary alicyclic amines) is 1. The third-order valence-electron chi connectivity index (χ3n) is 6.41. The van der Waals surface area contributed by atoms with E-state index < -0.39 is 0 Å². The van der Waals surface area contributed by atoms with E-state index in [1.54, 1.807) is 0 Å². The normalized spacial score (nSPS) is 24.1. The first kappa shape index (κ1) is 19.3. The minimum Gasteiger partial charge on any atom is -0.345 e. The number of benzene rings is 1. The fourth-order valence-corrected chi connectivity index (χ4v) is 5.30. The van der Waals surface area contributed by atoms with Gasteiger partial charge in [-0.15, -0.1) is 0 Å². The molecule has 28 heavy (non-hydrogen) atoms. The number of H-pyrrole nitrogens is 1. The molecule has 6 nitrogen and oxygen atoms in total. The molecule has 1 fully saturated rings. The molecule has 1 aliphatic heterocycles. The van der Waals surface area contributed by atoms with Crippen molar-refractivity contribution in [1.29, 1.82) is 0 Å². The quantitative estimate of drug-likeness (QED) is 0.770. The van der Waals surface area contributed by atoms with Gasteiger partial charge in [0, 0.05) is 54.1 Å². The lowest BCUT2D eigenvalue weighted by Gasteiger charge is -2.46. The molecule has 7 heteroatoms. The van der Waals surface area contributed by atoms with Crippen molar-refractivity contribution in [2.45, 2.75) is 44.7 Å². The highest BCUT2D eigenvalue weighted by atomic mass is 35.5. The molecule has 4 rings (SSSR count). The van der Waals surface area contributed by atoms with E-state index >= 15 is 0 Å². The lowest BCUT2D eigenvalue weighted by atomic mass is 9.73. The Morgan fingerprint density at radius 2 is 2.14 bits per heavy atom. The second kappa shape index (κ2) is 7.41. The summed E-state index contributed by atoms with van der Waals surface area (Å²) in [5.74, 6) is 0.252. The summed E-state index contributed by atoms with van der Waals surface area (Å²) < 4.78 is 0. The lowest BCUT2D eigenvalue weighted by Crippen LogP contribution is -2.56. The number of nitrogens with zero attached hydrogens (tertiary/aromatic N) is 2. The molecule has 2 heterocycles. The van der Waals surface area contributed by atoms with Gasteiger partial charge in [0.05, 0.1) is 0 Å². The number of nitrogens with one attached hydrogen (secondary N) is 2. The van der Waals surface area contributed by atoms with Gasteiger partial charge in [0.1, 0.15) is 11.4 Å². The number of carbonyl (C=O) groups is 2. The lowest BCUT2D eigenvalue weighted by molar-refractivity contribution is 0.112. The van der Waals surface area contributed by atoms with Crippen molar-refractivity contribution in [3.63, 3.8) is 0 Å². The van der Waals surface area contributed by atoms with Crippen LogP contribution in [0.1, 0.15) is 47.7 Å². The second-order valence-corrected chi connectivity index (χ2v) is 8.32. The van der Waals surface area contributed by atoms with E-state index in [1.165, 1.54) is 5.56 Å². The summed E-state index contributed by atoms with van der Waals surface area (Å²) in [4.78, 5) is 31.4. The molecule has 2 aromatic rings. The van der Waals surface area contributed by atoms with Gasteiger partial charge in [0.15, 0.2) is 0 Å². The number of amides is 2. The molecule has 1 aromatic heterocycles. The zero-order valence-corrected chi connectivity index (χ0v) is 17.3. The molecule has 2 aliphatic rings. The first-order chi connectivity index (χ1) is 13.5. The molecular weight excluding hydrogens is 376 g/mol. The summed E-state index contributed by atoms with van der Waals surface area (Å²) in [6, 6.07) is 4.25. The summed E-state index contributed by atoms with van der Waals surface area (Å²) >= 11 is 6.49. The van der Waals surface area contributed by atoms with Crippen LogP contribution < -0.4 is 5.32 Å². The van der Waals surface area contributed by atoms with E-state index in [9.17, 15) is 9.59 Å². The number of fused-ring (bicyclic) bond motifs is 2. The predicted octanol–water partition coefficient (Wildman–Crippen LogP) is 3.40. The number of likely N-dealkylation sites (N-methyl/N-ethyl adjacent to an activating group) is 1.